The van der Waals surface area contributed by atoms with E-state index < -0.39 is 0 Å². The van der Waals surface area contributed by atoms with Crippen LogP contribution in [0.5, 0.6) is 0 Å². The highest BCUT2D eigenvalue weighted by Crippen LogP contribution is 2.09. The highest BCUT2D eigenvalue weighted by molar-refractivity contribution is 5.78. The summed E-state index contributed by atoms with van der Waals surface area (Å²) >= 11 is 0. The van der Waals surface area contributed by atoms with Crippen molar-refractivity contribution in [2.75, 3.05) is 19.6 Å². The average molecular weight is 291 g/mol. The molecule has 0 fully saturated rings. The number of carbonyl (C=O) groups excluding carboxylic acids is 1. The molecule has 0 saturated carbocycles. The van der Waals surface area contributed by atoms with Gasteiger partial charge in [0.15, 0.2) is 0 Å². The van der Waals surface area contributed by atoms with Crippen molar-refractivity contribution in [2.45, 2.75) is 46.3 Å². The van der Waals surface area contributed by atoms with Crippen LogP contribution in [0.1, 0.15) is 33.3 Å². The van der Waals surface area contributed by atoms with Crippen LogP contribution in [0.2, 0.25) is 0 Å². The fourth-order valence-electron chi connectivity index (χ4n) is 2.68. The maximum Gasteiger partial charge on any atom is 0.237 e. The average Bonchev–Trinajstić information content (AvgIpc) is 2.39. The fraction of sp³-hybridized carbons (Fsp3) is 0.588. The number of nitrogens with zero attached hydrogens (tertiary/aromatic N) is 2. The third-order valence-electron chi connectivity index (χ3n) is 3.45. The van der Waals surface area contributed by atoms with E-state index >= 15 is 0 Å². The van der Waals surface area contributed by atoms with Gasteiger partial charge in [0, 0.05) is 31.7 Å². The molecule has 0 unspecified atom stereocenters. The monoisotopic (exact) mass is 291 g/mol. The molecule has 118 valence electrons. The predicted octanol–water partition coefficient (Wildman–Crippen LogP) is 2.09. The minimum atomic E-state index is 0.171. The summed E-state index contributed by atoms with van der Waals surface area (Å²) in [6, 6.07) is 10.6. The highest BCUT2D eigenvalue weighted by atomic mass is 16.2. The Labute approximate surface area is 128 Å². The minimum Gasteiger partial charge on any atom is -0.337 e. The predicted molar refractivity (Wildman–Crippen MR) is 87.9 cm³/mol. The summed E-state index contributed by atoms with van der Waals surface area (Å²) in [6.07, 6.45) is 0. The van der Waals surface area contributed by atoms with Gasteiger partial charge in [0.1, 0.15) is 0 Å². The lowest BCUT2D eigenvalue weighted by Gasteiger charge is -2.33. The quantitative estimate of drug-likeness (QED) is 0.798. The van der Waals surface area contributed by atoms with Crippen LogP contribution >= 0.6 is 0 Å². The molecule has 0 aliphatic rings. The van der Waals surface area contributed by atoms with Crippen molar-refractivity contribution in [3.63, 3.8) is 0 Å². The third kappa shape index (κ3) is 5.86. The molecule has 0 aliphatic carbocycles. The fourth-order valence-corrected chi connectivity index (χ4v) is 2.68. The number of hydrogen-bond acceptors (Lipinski definition) is 3. The third-order valence-corrected chi connectivity index (χ3v) is 3.45. The Kier molecular flexibility index (Phi) is 7.40. The van der Waals surface area contributed by atoms with E-state index in [9.17, 15) is 4.79 Å². The van der Waals surface area contributed by atoms with Crippen LogP contribution < -0.4 is 5.73 Å². The Balaban J connectivity index is 2.71. The SMILES string of the molecule is CC(C)N(C(=O)CN(CCN)Cc1ccccc1)C(C)C. The van der Waals surface area contributed by atoms with Crippen molar-refractivity contribution in [1.82, 2.24) is 9.80 Å². The van der Waals surface area contributed by atoms with Crippen LogP contribution in [0.25, 0.3) is 0 Å². The molecule has 2 N–H and O–H groups in total. The van der Waals surface area contributed by atoms with Crippen molar-refractivity contribution in [2.24, 2.45) is 5.73 Å². The first kappa shape index (κ1) is 17.7. The Morgan fingerprint density at radius 2 is 1.67 bits per heavy atom. The Hall–Kier alpha value is -1.39. The largest absolute Gasteiger partial charge is 0.337 e. The van der Waals surface area contributed by atoms with Gasteiger partial charge >= 0.3 is 0 Å². The molecule has 0 radical (unpaired) electrons. The van der Waals surface area contributed by atoms with Gasteiger partial charge in [-0.2, -0.15) is 0 Å². The minimum absolute atomic E-state index is 0.171. The molecule has 1 aromatic carbocycles. The number of benzene rings is 1. The second-order valence-corrected chi connectivity index (χ2v) is 5.97. The van der Waals surface area contributed by atoms with Crippen molar-refractivity contribution < 1.29 is 4.79 Å². The highest BCUT2D eigenvalue weighted by Gasteiger charge is 2.22. The molecule has 0 aliphatic heterocycles. The van der Waals surface area contributed by atoms with Gasteiger partial charge in [-0.15, -0.1) is 0 Å². The van der Waals surface area contributed by atoms with E-state index in [1.54, 1.807) is 0 Å². The molecule has 0 aromatic heterocycles. The molecule has 0 atom stereocenters. The van der Waals surface area contributed by atoms with E-state index in [-0.39, 0.29) is 18.0 Å². The number of rotatable bonds is 8. The van der Waals surface area contributed by atoms with Crippen LogP contribution in [-0.2, 0) is 11.3 Å². The van der Waals surface area contributed by atoms with Crippen molar-refractivity contribution >= 4 is 5.91 Å². The first-order chi connectivity index (χ1) is 9.95. The van der Waals surface area contributed by atoms with Crippen molar-refractivity contribution in [1.29, 1.82) is 0 Å². The van der Waals surface area contributed by atoms with Crippen LogP contribution in [0.3, 0.4) is 0 Å². The standard InChI is InChI=1S/C17H29N3O/c1-14(2)20(15(3)4)17(21)13-19(11-10-18)12-16-8-6-5-7-9-16/h5-9,14-15H,10-13,18H2,1-4H3. The summed E-state index contributed by atoms with van der Waals surface area (Å²) < 4.78 is 0. The molecule has 1 amide bonds. The first-order valence-corrected chi connectivity index (χ1v) is 7.73. The summed E-state index contributed by atoms with van der Waals surface area (Å²) in [4.78, 5) is 16.6. The molecular formula is C17H29N3O. The molecule has 1 aromatic rings. The zero-order valence-corrected chi connectivity index (χ0v) is 13.7. The van der Waals surface area contributed by atoms with Crippen LogP contribution in [0, 0.1) is 0 Å². The summed E-state index contributed by atoms with van der Waals surface area (Å²) in [5.41, 5.74) is 6.90. The van der Waals surface area contributed by atoms with E-state index in [0.29, 0.717) is 13.1 Å². The maximum atomic E-state index is 12.5. The van der Waals surface area contributed by atoms with E-state index in [0.717, 1.165) is 13.1 Å². The summed E-state index contributed by atoms with van der Waals surface area (Å²) in [7, 11) is 0. The molecule has 1 rings (SSSR count). The molecule has 4 nitrogen and oxygen atoms in total. The molecule has 0 bridgehead atoms. The molecule has 0 heterocycles. The van der Waals surface area contributed by atoms with Gasteiger partial charge in [-0.05, 0) is 33.3 Å². The Morgan fingerprint density at radius 3 is 2.14 bits per heavy atom. The molecule has 4 heteroatoms. The van der Waals surface area contributed by atoms with Gasteiger partial charge in [0.05, 0.1) is 6.54 Å². The van der Waals surface area contributed by atoms with Crippen LogP contribution in [-0.4, -0.2) is 47.4 Å². The summed E-state index contributed by atoms with van der Waals surface area (Å²) in [5, 5.41) is 0. The summed E-state index contributed by atoms with van der Waals surface area (Å²) in [6.45, 7) is 10.7. The zero-order chi connectivity index (χ0) is 15.8. The molecular weight excluding hydrogens is 262 g/mol. The lowest BCUT2D eigenvalue weighted by molar-refractivity contribution is -0.136. The van der Waals surface area contributed by atoms with E-state index in [1.807, 2.05) is 23.1 Å². The number of hydrogen-bond donors (Lipinski definition) is 1. The normalized spacial score (nSPS) is 11.4. The topological polar surface area (TPSA) is 49.6 Å². The first-order valence-electron chi connectivity index (χ1n) is 7.73. The smallest absolute Gasteiger partial charge is 0.237 e. The number of amides is 1. The molecule has 21 heavy (non-hydrogen) atoms. The van der Waals surface area contributed by atoms with Gasteiger partial charge in [-0.3, -0.25) is 9.69 Å². The maximum absolute atomic E-state index is 12.5. The number of carbonyl (C=O) groups is 1. The molecule has 0 spiro atoms. The lowest BCUT2D eigenvalue weighted by Crippen LogP contribution is -2.47. The van der Waals surface area contributed by atoms with E-state index in [4.69, 9.17) is 5.73 Å². The second-order valence-electron chi connectivity index (χ2n) is 5.97. The van der Waals surface area contributed by atoms with Gasteiger partial charge in [-0.25, -0.2) is 0 Å². The second kappa shape index (κ2) is 8.80. The zero-order valence-electron chi connectivity index (χ0n) is 13.7. The van der Waals surface area contributed by atoms with Gasteiger partial charge in [0.2, 0.25) is 5.91 Å². The van der Waals surface area contributed by atoms with Gasteiger partial charge in [0.25, 0.3) is 0 Å². The van der Waals surface area contributed by atoms with Crippen molar-refractivity contribution in [3.8, 4) is 0 Å². The summed E-state index contributed by atoms with van der Waals surface area (Å²) in [5.74, 6) is 0.171. The number of nitrogens with two attached hydrogens (primary N) is 1. The van der Waals surface area contributed by atoms with E-state index in [2.05, 4.69) is 44.7 Å². The van der Waals surface area contributed by atoms with Gasteiger partial charge < -0.3 is 10.6 Å². The van der Waals surface area contributed by atoms with E-state index in [1.165, 1.54) is 5.56 Å². The van der Waals surface area contributed by atoms with Crippen molar-refractivity contribution in [3.05, 3.63) is 35.9 Å². The molecule has 0 saturated heterocycles. The van der Waals surface area contributed by atoms with Gasteiger partial charge in [-0.1, -0.05) is 30.3 Å². The Bertz CT molecular complexity index is 409. The lowest BCUT2D eigenvalue weighted by atomic mass is 10.2. The van der Waals surface area contributed by atoms with Crippen LogP contribution in [0.15, 0.2) is 30.3 Å². The Morgan fingerprint density at radius 1 is 1.10 bits per heavy atom. The van der Waals surface area contributed by atoms with Crippen LogP contribution in [0.4, 0.5) is 0 Å².